The lowest BCUT2D eigenvalue weighted by molar-refractivity contribution is -0.274. The van der Waals surface area contributed by atoms with E-state index >= 15 is 0 Å². The van der Waals surface area contributed by atoms with Gasteiger partial charge in [0, 0.05) is 38.2 Å². The number of fused-ring (bicyclic) bond motifs is 1. The molecule has 3 unspecified atom stereocenters. The van der Waals surface area contributed by atoms with Gasteiger partial charge in [-0.05, 0) is 58.6 Å². The number of carbonyl (C=O) groups excluding carboxylic acids is 3. The summed E-state index contributed by atoms with van der Waals surface area (Å²) in [5.41, 5.74) is -0.763. The van der Waals surface area contributed by atoms with E-state index in [4.69, 9.17) is 9.47 Å². The largest absolute Gasteiger partial charge is 0.573 e. The normalized spacial score (nSPS) is 22.9. The summed E-state index contributed by atoms with van der Waals surface area (Å²) in [6.07, 6.45) is -3.85. The number of alkyl carbamates (subject to hydrolysis) is 1. The third-order valence-electron chi connectivity index (χ3n) is 6.35. The van der Waals surface area contributed by atoms with Gasteiger partial charge < -0.3 is 24.4 Å². The first kappa shape index (κ1) is 27.5. The van der Waals surface area contributed by atoms with Gasteiger partial charge in [-0.2, -0.15) is 0 Å². The standard InChI is InChI=1S/C24H32F3N3O6/c1-14(34-15(2)31)23(8-6-17(11-23)29-21(33)36-22(3,4)5)20(32)30-9-7-19-16(13-30)10-18(12-28-19)35-24(25,26)27/h10,12,14,17H,6-9,11,13H2,1-5H3,(H,29,33). The van der Waals surface area contributed by atoms with Gasteiger partial charge in [-0.1, -0.05) is 0 Å². The van der Waals surface area contributed by atoms with Crippen molar-refractivity contribution in [2.75, 3.05) is 6.54 Å². The Morgan fingerprint density at radius 1 is 1.25 bits per heavy atom. The molecule has 1 aliphatic carbocycles. The Morgan fingerprint density at radius 3 is 2.56 bits per heavy atom. The monoisotopic (exact) mass is 515 g/mol. The summed E-state index contributed by atoms with van der Waals surface area (Å²) < 4.78 is 52.7. The van der Waals surface area contributed by atoms with Crippen LogP contribution in [0.3, 0.4) is 0 Å². The fourth-order valence-corrected chi connectivity index (χ4v) is 4.85. The van der Waals surface area contributed by atoms with Crippen LogP contribution < -0.4 is 10.1 Å². The number of nitrogens with one attached hydrogen (secondary N) is 1. The van der Waals surface area contributed by atoms with E-state index in [1.54, 1.807) is 27.7 Å². The SMILES string of the molecule is CC(=O)OC(C)C1(C(=O)N2CCc3ncc(OC(F)(F)F)cc3C2)CCC(NC(=O)OC(C)(C)C)C1. The van der Waals surface area contributed by atoms with Crippen LogP contribution in [-0.4, -0.2) is 58.5 Å². The molecule has 1 fully saturated rings. The van der Waals surface area contributed by atoms with Crippen molar-refractivity contribution in [2.45, 2.75) is 91.0 Å². The van der Waals surface area contributed by atoms with Crippen LogP contribution in [0.25, 0.3) is 0 Å². The summed E-state index contributed by atoms with van der Waals surface area (Å²) in [7, 11) is 0. The van der Waals surface area contributed by atoms with Crippen LogP contribution in [-0.2, 0) is 32.0 Å². The van der Waals surface area contributed by atoms with Crippen LogP contribution in [0.1, 0.15) is 65.1 Å². The summed E-state index contributed by atoms with van der Waals surface area (Å²) >= 11 is 0. The van der Waals surface area contributed by atoms with Crippen LogP contribution in [0.5, 0.6) is 5.75 Å². The molecular weight excluding hydrogens is 483 g/mol. The van der Waals surface area contributed by atoms with Crippen LogP contribution in [0.15, 0.2) is 12.3 Å². The number of rotatable bonds is 5. The zero-order valence-electron chi connectivity index (χ0n) is 21.0. The first-order valence-electron chi connectivity index (χ1n) is 11.8. The quantitative estimate of drug-likeness (QED) is 0.593. The molecule has 3 atom stereocenters. The molecule has 1 saturated carbocycles. The fraction of sp³-hybridized carbons (Fsp3) is 0.667. The Balaban J connectivity index is 1.80. The van der Waals surface area contributed by atoms with E-state index in [1.165, 1.54) is 17.9 Å². The lowest BCUT2D eigenvalue weighted by Crippen LogP contribution is -2.51. The summed E-state index contributed by atoms with van der Waals surface area (Å²) in [4.78, 5) is 43.5. The summed E-state index contributed by atoms with van der Waals surface area (Å²) in [6, 6.07) is 0.853. The van der Waals surface area contributed by atoms with Gasteiger partial charge in [0.1, 0.15) is 17.5 Å². The van der Waals surface area contributed by atoms with E-state index in [0.717, 1.165) is 6.20 Å². The van der Waals surface area contributed by atoms with E-state index in [-0.39, 0.29) is 24.9 Å². The minimum absolute atomic E-state index is 0.0366. The minimum Gasteiger partial charge on any atom is -0.462 e. The number of amides is 2. The van der Waals surface area contributed by atoms with Gasteiger partial charge in [-0.15, -0.1) is 13.2 Å². The second-order valence-corrected chi connectivity index (χ2v) is 10.3. The highest BCUT2D eigenvalue weighted by Gasteiger charge is 2.53. The van der Waals surface area contributed by atoms with Gasteiger partial charge in [0.05, 0.1) is 11.6 Å². The van der Waals surface area contributed by atoms with Crippen molar-refractivity contribution >= 4 is 18.0 Å². The molecular formula is C24H32F3N3O6. The maximum atomic E-state index is 13.9. The molecule has 0 spiro atoms. The highest BCUT2D eigenvalue weighted by molar-refractivity contribution is 5.85. The molecule has 1 aromatic rings. The molecule has 1 N–H and O–H groups in total. The minimum atomic E-state index is -4.86. The van der Waals surface area contributed by atoms with E-state index < -0.39 is 41.3 Å². The maximum absolute atomic E-state index is 13.9. The number of halogens is 3. The van der Waals surface area contributed by atoms with E-state index in [9.17, 15) is 27.6 Å². The molecule has 0 bridgehead atoms. The summed E-state index contributed by atoms with van der Waals surface area (Å²) in [5.74, 6) is -1.29. The second kappa shape index (κ2) is 10.1. The topological polar surface area (TPSA) is 107 Å². The molecule has 2 amide bonds. The molecule has 2 heterocycles. The van der Waals surface area contributed by atoms with Gasteiger partial charge in [0.2, 0.25) is 5.91 Å². The van der Waals surface area contributed by atoms with E-state index in [1.807, 2.05) is 0 Å². The summed E-state index contributed by atoms with van der Waals surface area (Å²) in [6.45, 7) is 8.46. The van der Waals surface area contributed by atoms with Gasteiger partial charge in [0.15, 0.2) is 0 Å². The molecule has 36 heavy (non-hydrogen) atoms. The van der Waals surface area contributed by atoms with Crippen LogP contribution >= 0.6 is 0 Å². The predicted octanol–water partition coefficient (Wildman–Crippen LogP) is 3.88. The average Bonchev–Trinajstić information content (AvgIpc) is 3.14. The number of nitrogens with zero attached hydrogens (tertiary/aromatic N) is 2. The average molecular weight is 516 g/mol. The Bertz CT molecular complexity index is 1010. The molecule has 0 radical (unpaired) electrons. The highest BCUT2D eigenvalue weighted by atomic mass is 19.4. The van der Waals surface area contributed by atoms with Crippen molar-refractivity contribution < 1.29 is 41.8 Å². The fourth-order valence-electron chi connectivity index (χ4n) is 4.85. The Kier molecular flexibility index (Phi) is 7.75. The number of hydrogen-bond acceptors (Lipinski definition) is 7. The van der Waals surface area contributed by atoms with Crippen molar-refractivity contribution in [3.8, 4) is 5.75 Å². The summed E-state index contributed by atoms with van der Waals surface area (Å²) in [5, 5.41) is 2.80. The number of ether oxygens (including phenoxy) is 3. The lowest BCUT2D eigenvalue weighted by Gasteiger charge is -2.39. The van der Waals surface area contributed by atoms with Crippen LogP contribution in [0.4, 0.5) is 18.0 Å². The Labute approximate surface area is 207 Å². The second-order valence-electron chi connectivity index (χ2n) is 10.3. The molecule has 1 aromatic heterocycles. The molecule has 2 aliphatic rings. The number of hydrogen-bond donors (Lipinski definition) is 1. The van der Waals surface area contributed by atoms with Gasteiger partial charge in [0.25, 0.3) is 0 Å². The maximum Gasteiger partial charge on any atom is 0.573 e. The molecule has 1 aliphatic heterocycles. The zero-order chi connectivity index (χ0) is 26.9. The van der Waals surface area contributed by atoms with Gasteiger partial charge in [-0.3, -0.25) is 14.6 Å². The van der Waals surface area contributed by atoms with E-state index in [0.29, 0.717) is 37.1 Å². The third kappa shape index (κ3) is 6.79. The lowest BCUT2D eigenvalue weighted by atomic mass is 9.78. The molecule has 12 heteroatoms. The first-order valence-corrected chi connectivity index (χ1v) is 11.8. The number of alkyl halides is 3. The molecule has 3 rings (SSSR count). The first-order chi connectivity index (χ1) is 16.6. The molecule has 9 nitrogen and oxygen atoms in total. The van der Waals surface area contributed by atoms with Crippen LogP contribution in [0, 0.1) is 5.41 Å². The van der Waals surface area contributed by atoms with Crippen molar-refractivity contribution in [3.05, 3.63) is 23.5 Å². The number of pyridine rings is 1. The highest BCUT2D eigenvalue weighted by Crippen LogP contribution is 2.45. The van der Waals surface area contributed by atoms with Crippen molar-refractivity contribution in [1.82, 2.24) is 15.2 Å². The molecule has 200 valence electrons. The molecule has 0 saturated heterocycles. The van der Waals surface area contributed by atoms with Crippen molar-refractivity contribution in [2.24, 2.45) is 5.41 Å². The number of carbonyl (C=O) groups is 3. The van der Waals surface area contributed by atoms with Crippen molar-refractivity contribution in [1.29, 1.82) is 0 Å². The molecule has 0 aromatic carbocycles. The Hall–Kier alpha value is -3.05. The van der Waals surface area contributed by atoms with Crippen LogP contribution in [0.2, 0.25) is 0 Å². The zero-order valence-corrected chi connectivity index (χ0v) is 21.0. The Morgan fingerprint density at radius 2 is 1.94 bits per heavy atom. The smallest absolute Gasteiger partial charge is 0.462 e. The van der Waals surface area contributed by atoms with Gasteiger partial charge in [-0.25, -0.2) is 4.79 Å². The van der Waals surface area contributed by atoms with E-state index in [2.05, 4.69) is 15.0 Å². The predicted molar refractivity (Wildman–Crippen MR) is 121 cm³/mol. The van der Waals surface area contributed by atoms with Crippen molar-refractivity contribution in [3.63, 3.8) is 0 Å². The number of aromatic nitrogens is 1. The third-order valence-corrected chi connectivity index (χ3v) is 6.35. The van der Waals surface area contributed by atoms with Gasteiger partial charge >= 0.3 is 18.4 Å². The number of esters is 1.